The molecule has 0 radical (unpaired) electrons. The highest BCUT2D eigenvalue weighted by atomic mass is 19.1. The molecule has 1 unspecified atom stereocenters. The van der Waals surface area contributed by atoms with E-state index >= 15 is 0 Å². The maximum Gasteiger partial charge on any atom is 0.123 e. The number of benzene rings is 2. The van der Waals surface area contributed by atoms with Gasteiger partial charge in [0.05, 0.1) is 0 Å². The lowest BCUT2D eigenvalue weighted by molar-refractivity contribution is 0.410. The van der Waals surface area contributed by atoms with Crippen LogP contribution in [0.3, 0.4) is 0 Å². The van der Waals surface area contributed by atoms with Crippen LogP contribution < -0.4 is 5.32 Å². The Kier molecular flexibility index (Phi) is 3.66. The Bertz CT molecular complexity index is 822. The van der Waals surface area contributed by atoms with Crippen molar-refractivity contribution in [3.8, 4) is 0 Å². The summed E-state index contributed by atoms with van der Waals surface area (Å²) in [4.78, 5) is 3.52. The molecule has 0 fully saturated rings. The summed E-state index contributed by atoms with van der Waals surface area (Å²) >= 11 is 0. The first-order valence-electron chi connectivity index (χ1n) is 8.33. The molecule has 1 aromatic heterocycles. The molecule has 118 valence electrons. The van der Waals surface area contributed by atoms with Crippen molar-refractivity contribution in [2.45, 2.75) is 38.3 Å². The summed E-state index contributed by atoms with van der Waals surface area (Å²) < 4.78 is 13.6. The van der Waals surface area contributed by atoms with Crippen LogP contribution >= 0.6 is 0 Å². The zero-order valence-electron chi connectivity index (χ0n) is 13.3. The van der Waals surface area contributed by atoms with Crippen molar-refractivity contribution >= 4 is 10.9 Å². The number of hydrogen-bond acceptors (Lipinski definition) is 1. The van der Waals surface area contributed by atoms with Crippen LogP contribution in [0.1, 0.15) is 48.7 Å². The van der Waals surface area contributed by atoms with Gasteiger partial charge in [-0.05, 0) is 55.5 Å². The Morgan fingerprint density at radius 1 is 1.17 bits per heavy atom. The molecule has 0 aliphatic heterocycles. The van der Waals surface area contributed by atoms with Crippen molar-refractivity contribution in [3.05, 3.63) is 71.2 Å². The minimum Gasteiger partial charge on any atom is -0.357 e. The molecule has 0 bridgehead atoms. The molecule has 0 spiro atoms. The van der Waals surface area contributed by atoms with Crippen molar-refractivity contribution in [1.29, 1.82) is 0 Å². The molecule has 1 aliphatic carbocycles. The molecule has 1 aliphatic rings. The quantitative estimate of drug-likeness (QED) is 0.697. The van der Waals surface area contributed by atoms with Gasteiger partial charge in [-0.2, -0.15) is 0 Å². The van der Waals surface area contributed by atoms with Crippen molar-refractivity contribution in [2.24, 2.45) is 0 Å². The number of hydrogen-bond donors (Lipinski definition) is 2. The largest absolute Gasteiger partial charge is 0.357 e. The molecule has 2 aromatic carbocycles. The van der Waals surface area contributed by atoms with E-state index in [0.29, 0.717) is 6.04 Å². The fourth-order valence-corrected chi connectivity index (χ4v) is 3.74. The van der Waals surface area contributed by atoms with Crippen LogP contribution in [0.2, 0.25) is 0 Å². The van der Waals surface area contributed by atoms with Gasteiger partial charge in [0, 0.05) is 28.7 Å². The van der Waals surface area contributed by atoms with Gasteiger partial charge in [-0.1, -0.05) is 30.3 Å². The molecular formula is C20H21FN2. The number of H-pyrrole nitrogens is 1. The summed E-state index contributed by atoms with van der Waals surface area (Å²) in [5, 5.41) is 4.78. The minimum absolute atomic E-state index is 0.160. The average molecular weight is 308 g/mol. The van der Waals surface area contributed by atoms with Crippen LogP contribution in [0.15, 0.2) is 48.5 Å². The molecule has 2 nitrogen and oxygen atoms in total. The van der Waals surface area contributed by atoms with E-state index < -0.39 is 0 Å². The summed E-state index contributed by atoms with van der Waals surface area (Å²) in [6.45, 7) is 2.20. The van der Waals surface area contributed by atoms with Crippen LogP contribution in [0, 0.1) is 5.82 Å². The fourth-order valence-electron chi connectivity index (χ4n) is 3.74. The third-order valence-electron chi connectivity index (χ3n) is 4.92. The number of nitrogens with one attached hydrogen (secondary N) is 2. The van der Waals surface area contributed by atoms with E-state index in [4.69, 9.17) is 0 Å². The molecule has 0 amide bonds. The Morgan fingerprint density at radius 3 is 2.83 bits per heavy atom. The predicted octanol–water partition coefficient (Wildman–Crippen LogP) is 5.04. The number of rotatable bonds is 3. The number of halogens is 1. The van der Waals surface area contributed by atoms with Crippen LogP contribution in [-0.2, 0) is 6.42 Å². The van der Waals surface area contributed by atoms with E-state index in [1.165, 1.54) is 22.9 Å². The third kappa shape index (κ3) is 2.66. The Balaban J connectivity index is 1.66. The average Bonchev–Trinajstić information content (AvgIpc) is 2.95. The molecule has 2 N–H and O–H groups in total. The standard InChI is InChI=1S/C20H21FN2/c1-13(14-6-3-2-4-7-14)22-19-9-5-8-16-17-12-15(21)10-11-18(17)23-20(16)19/h2-4,6-7,10-13,19,22-23H,5,8-9H2,1H3/t13-,19?/m0/s1. The Morgan fingerprint density at radius 2 is 2.00 bits per heavy atom. The highest BCUT2D eigenvalue weighted by molar-refractivity contribution is 5.85. The molecule has 3 aromatic rings. The van der Waals surface area contributed by atoms with Gasteiger partial charge in [-0.15, -0.1) is 0 Å². The zero-order valence-corrected chi connectivity index (χ0v) is 13.3. The lowest BCUT2D eigenvalue weighted by atomic mass is 9.91. The second-order valence-electron chi connectivity index (χ2n) is 6.45. The maximum absolute atomic E-state index is 13.6. The molecule has 23 heavy (non-hydrogen) atoms. The summed E-state index contributed by atoms with van der Waals surface area (Å²) in [5.41, 5.74) is 4.85. The normalized spacial score (nSPS) is 18.8. The van der Waals surface area contributed by atoms with E-state index in [0.717, 1.165) is 30.2 Å². The summed E-state index contributed by atoms with van der Waals surface area (Å²) in [5.74, 6) is -0.160. The van der Waals surface area contributed by atoms with Gasteiger partial charge >= 0.3 is 0 Å². The molecule has 1 heterocycles. The second-order valence-corrected chi connectivity index (χ2v) is 6.45. The molecule has 2 atom stereocenters. The summed E-state index contributed by atoms with van der Waals surface area (Å²) in [6.07, 6.45) is 3.27. The van der Waals surface area contributed by atoms with Crippen LogP contribution in [-0.4, -0.2) is 4.98 Å². The first-order chi connectivity index (χ1) is 11.2. The Labute approximate surface area is 135 Å². The van der Waals surface area contributed by atoms with Crippen LogP contribution in [0.25, 0.3) is 10.9 Å². The first-order valence-corrected chi connectivity index (χ1v) is 8.33. The highest BCUT2D eigenvalue weighted by Gasteiger charge is 2.25. The van der Waals surface area contributed by atoms with E-state index in [9.17, 15) is 4.39 Å². The van der Waals surface area contributed by atoms with Crippen LogP contribution in [0.4, 0.5) is 4.39 Å². The SMILES string of the molecule is C[C@H](NC1CCCc2c1[nH]c1ccc(F)cc21)c1ccccc1. The second kappa shape index (κ2) is 5.82. The monoisotopic (exact) mass is 308 g/mol. The molecule has 3 heteroatoms. The lowest BCUT2D eigenvalue weighted by Gasteiger charge is -2.27. The Hall–Kier alpha value is -2.13. The molecule has 0 saturated heterocycles. The lowest BCUT2D eigenvalue weighted by Crippen LogP contribution is -2.27. The maximum atomic E-state index is 13.6. The highest BCUT2D eigenvalue weighted by Crippen LogP contribution is 2.36. The van der Waals surface area contributed by atoms with Gasteiger partial charge in [0.25, 0.3) is 0 Å². The van der Waals surface area contributed by atoms with Gasteiger partial charge in [0.15, 0.2) is 0 Å². The van der Waals surface area contributed by atoms with E-state index in [2.05, 4.69) is 41.5 Å². The van der Waals surface area contributed by atoms with Gasteiger partial charge in [-0.3, -0.25) is 0 Å². The van der Waals surface area contributed by atoms with Crippen molar-refractivity contribution in [1.82, 2.24) is 10.3 Å². The van der Waals surface area contributed by atoms with Gasteiger partial charge in [-0.25, -0.2) is 4.39 Å². The number of aromatic amines is 1. The van der Waals surface area contributed by atoms with Gasteiger partial charge in [0.2, 0.25) is 0 Å². The summed E-state index contributed by atoms with van der Waals surface area (Å²) in [6, 6.07) is 16.1. The zero-order chi connectivity index (χ0) is 15.8. The molecular weight excluding hydrogens is 287 g/mol. The van der Waals surface area contributed by atoms with Crippen molar-refractivity contribution in [3.63, 3.8) is 0 Å². The topological polar surface area (TPSA) is 27.8 Å². The first kappa shape index (κ1) is 14.5. The number of aromatic nitrogens is 1. The number of fused-ring (bicyclic) bond motifs is 3. The van der Waals surface area contributed by atoms with Crippen LogP contribution in [0.5, 0.6) is 0 Å². The number of aryl methyl sites for hydroxylation is 1. The third-order valence-corrected chi connectivity index (χ3v) is 4.92. The molecule has 4 rings (SSSR count). The van der Waals surface area contributed by atoms with Gasteiger partial charge in [0.1, 0.15) is 5.82 Å². The molecule has 0 saturated carbocycles. The van der Waals surface area contributed by atoms with E-state index in [-0.39, 0.29) is 11.9 Å². The van der Waals surface area contributed by atoms with Gasteiger partial charge < -0.3 is 10.3 Å². The summed E-state index contributed by atoms with van der Waals surface area (Å²) in [7, 11) is 0. The van der Waals surface area contributed by atoms with Crippen molar-refractivity contribution in [2.75, 3.05) is 0 Å². The fraction of sp³-hybridized carbons (Fsp3) is 0.300. The predicted molar refractivity (Wildman–Crippen MR) is 91.9 cm³/mol. The smallest absolute Gasteiger partial charge is 0.123 e. The van der Waals surface area contributed by atoms with E-state index in [1.54, 1.807) is 6.07 Å². The minimum atomic E-state index is -0.160. The van der Waals surface area contributed by atoms with E-state index in [1.807, 2.05) is 12.1 Å². The van der Waals surface area contributed by atoms with Crippen molar-refractivity contribution < 1.29 is 4.39 Å².